The molecule has 0 aliphatic rings. The number of nitrogens with one attached hydrogen (secondary N) is 1. The van der Waals surface area contributed by atoms with E-state index in [1.54, 1.807) is 43.3 Å². The fraction of sp³-hybridized carbons (Fsp3) is 0.158. The average molecular weight is 420 g/mol. The molecule has 2 aromatic rings. The molecule has 0 aliphatic carbocycles. The van der Waals surface area contributed by atoms with Crippen LogP contribution in [0, 0.1) is 5.92 Å². The number of carbonyl (C=O) groups excluding carboxylic acids is 1. The molecule has 7 heteroatoms. The van der Waals surface area contributed by atoms with Gasteiger partial charge >= 0.3 is 12.1 Å². The lowest BCUT2D eigenvalue weighted by Gasteiger charge is -2.23. The topological polar surface area (TPSA) is 95.9 Å². The number of hydrogen-bond acceptors (Lipinski definition) is 4. The third-order valence-electron chi connectivity index (χ3n) is 3.57. The van der Waals surface area contributed by atoms with Gasteiger partial charge in [0.1, 0.15) is 11.9 Å². The number of carboxylic acid groups (broad SMARTS) is 1. The maximum Gasteiger partial charge on any atom is 0.412 e. The van der Waals surface area contributed by atoms with Crippen LogP contribution in [0.15, 0.2) is 65.2 Å². The SMILES string of the molecule is C[C@@H](/C=C/C(=O)O)[C@H](OC(=O)Nc1ccccc1)c1cc(Br)ccc1O. The smallest absolute Gasteiger partial charge is 0.412 e. The molecule has 136 valence electrons. The van der Waals surface area contributed by atoms with Crippen molar-refractivity contribution in [3.63, 3.8) is 0 Å². The second-order valence-corrected chi connectivity index (χ2v) is 6.49. The molecule has 2 atom stereocenters. The highest BCUT2D eigenvalue weighted by Gasteiger charge is 2.25. The van der Waals surface area contributed by atoms with E-state index in [-0.39, 0.29) is 5.75 Å². The molecule has 0 spiro atoms. The normalized spacial score (nSPS) is 13.2. The maximum atomic E-state index is 12.3. The van der Waals surface area contributed by atoms with Crippen molar-refractivity contribution in [2.45, 2.75) is 13.0 Å². The Kier molecular flexibility index (Phi) is 6.80. The number of ether oxygens (including phenoxy) is 1. The van der Waals surface area contributed by atoms with Crippen molar-refractivity contribution in [1.82, 2.24) is 0 Å². The van der Waals surface area contributed by atoms with Gasteiger partial charge in [0.15, 0.2) is 0 Å². The number of halogens is 1. The summed E-state index contributed by atoms with van der Waals surface area (Å²) in [6, 6.07) is 13.5. The molecule has 26 heavy (non-hydrogen) atoms. The van der Waals surface area contributed by atoms with Gasteiger partial charge in [0, 0.05) is 27.7 Å². The monoisotopic (exact) mass is 419 g/mol. The van der Waals surface area contributed by atoms with E-state index in [4.69, 9.17) is 9.84 Å². The number of anilines is 1. The van der Waals surface area contributed by atoms with E-state index in [1.165, 1.54) is 12.1 Å². The molecule has 0 radical (unpaired) electrons. The Morgan fingerprint density at radius 1 is 1.19 bits per heavy atom. The number of carboxylic acids is 1. The molecule has 0 fully saturated rings. The van der Waals surface area contributed by atoms with Crippen LogP contribution in [-0.4, -0.2) is 22.3 Å². The van der Waals surface area contributed by atoms with Crippen LogP contribution in [0.1, 0.15) is 18.6 Å². The number of benzene rings is 2. The van der Waals surface area contributed by atoms with Gasteiger partial charge in [-0.25, -0.2) is 9.59 Å². The zero-order valence-corrected chi connectivity index (χ0v) is 15.5. The van der Waals surface area contributed by atoms with E-state index < -0.39 is 24.1 Å². The van der Waals surface area contributed by atoms with Crippen LogP contribution < -0.4 is 5.32 Å². The summed E-state index contributed by atoms with van der Waals surface area (Å²) in [5, 5.41) is 21.6. The molecule has 0 saturated heterocycles. The van der Waals surface area contributed by atoms with Crippen molar-refractivity contribution >= 4 is 33.7 Å². The molecule has 0 bridgehead atoms. The molecule has 3 N–H and O–H groups in total. The fourth-order valence-corrected chi connectivity index (χ4v) is 2.71. The van der Waals surface area contributed by atoms with Gasteiger partial charge in [-0.1, -0.05) is 47.1 Å². The summed E-state index contributed by atoms with van der Waals surface area (Å²) in [5.74, 6) is -1.66. The standard InChI is InChI=1S/C19H18BrNO5/c1-12(7-10-17(23)24)18(15-11-13(20)8-9-16(15)22)26-19(25)21-14-5-3-2-4-6-14/h2-12,18,22H,1H3,(H,21,25)(H,23,24)/b10-7+/t12-,18-/m0/s1. The number of carbonyl (C=O) groups is 2. The minimum atomic E-state index is -1.11. The van der Waals surface area contributed by atoms with E-state index in [0.717, 1.165) is 6.08 Å². The molecular formula is C19H18BrNO5. The van der Waals surface area contributed by atoms with Crippen molar-refractivity contribution in [2.24, 2.45) is 5.92 Å². The van der Waals surface area contributed by atoms with Gasteiger partial charge in [0.05, 0.1) is 0 Å². The van der Waals surface area contributed by atoms with E-state index in [2.05, 4.69) is 21.2 Å². The molecular weight excluding hydrogens is 402 g/mol. The van der Waals surface area contributed by atoms with Crippen LogP contribution in [-0.2, 0) is 9.53 Å². The Bertz CT molecular complexity index is 807. The second-order valence-electron chi connectivity index (χ2n) is 5.58. The lowest BCUT2D eigenvalue weighted by atomic mass is 9.96. The number of amides is 1. The lowest BCUT2D eigenvalue weighted by molar-refractivity contribution is -0.131. The summed E-state index contributed by atoms with van der Waals surface area (Å²) in [4.78, 5) is 23.1. The summed E-state index contributed by atoms with van der Waals surface area (Å²) in [5.41, 5.74) is 0.925. The number of aromatic hydroxyl groups is 1. The van der Waals surface area contributed by atoms with E-state index in [0.29, 0.717) is 15.7 Å². The average Bonchev–Trinajstić information content (AvgIpc) is 2.60. The molecule has 0 aliphatic heterocycles. The summed E-state index contributed by atoms with van der Waals surface area (Å²) in [6.07, 6.45) is 0.789. The Labute approximate surface area is 159 Å². The van der Waals surface area contributed by atoms with Crippen LogP contribution >= 0.6 is 15.9 Å². The Morgan fingerprint density at radius 2 is 1.88 bits per heavy atom. The predicted octanol–water partition coefficient (Wildman–Crippen LogP) is 4.72. The first-order valence-corrected chi connectivity index (χ1v) is 8.58. The van der Waals surface area contributed by atoms with Gasteiger partial charge in [-0.15, -0.1) is 0 Å². The number of rotatable bonds is 6. The van der Waals surface area contributed by atoms with Gasteiger partial charge in [0.25, 0.3) is 0 Å². The van der Waals surface area contributed by atoms with E-state index >= 15 is 0 Å². The third kappa shape index (κ3) is 5.63. The molecule has 2 aromatic carbocycles. The highest BCUT2D eigenvalue weighted by molar-refractivity contribution is 9.10. The highest BCUT2D eigenvalue weighted by atomic mass is 79.9. The van der Waals surface area contributed by atoms with E-state index in [9.17, 15) is 14.7 Å². The summed E-state index contributed by atoms with van der Waals surface area (Å²) >= 11 is 3.32. The minimum Gasteiger partial charge on any atom is -0.508 e. The maximum absolute atomic E-state index is 12.3. The molecule has 2 rings (SSSR count). The second kappa shape index (κ2) is 9.05. The van der Waals surface area contributed by atoms with Gasteiger partial charge in [-0.3, -0.25) is 5.32 Å². The number of phenols is 1. The zero-order valence-electron chi connectivity index (χ0n) is 13.9. The van der Waals surface area contributed by atoms with Gasteiger partial charge in [-0.05, 0) is 30.3 Å². The number of phenolic OH excluding ortho intramolecular Hbond substituents is 1. The van der Waals surface area contributed by atoms with Gasteiger partial charge in [-0.2, -0.15) is 0 Å². The van der Waals surface area contributed by atoms with Gasteiger partial charge < -0.3 is 14.9 Å². The summed E-state index contributed by atoms with van der Waals surface area (Å²) in [7, 11) is 0. The van der Waals surface area contributed by atoms with Crippen LogP contribution in [0.5, 0.6) is 5.75 Å². The number of para-hydroxylation sites is 1. The number of hydrogen-bond donors (Lipinski definition) is 3. The largest absolute Gasteiger partial charge is 0.508 e. The van der Waals surface area contributed by atoms with Crippen molar-refractivity contribution in [3.8, 4) is 5.75 Å². The fourth-order valence-electron chi connectivity index (χ4n) is 2.33. The Balaban J connectivity index is 2.26. The van der Waals surface area contributed by atoms with Crippen LogP contribution in [0.4, 0.5) is 10.5 Å². The van der Waals surface area contributed by atoms with Crippen molar-refractivity contribution in [1.29, 1.82) is 0 Å². The highest BCUT2D eigenvalue weighted by Crippen LogP contribution is 2.35. The Morgan fingerprint density at radius 3 is 2.54 bits per heavy atom. The third-order valence-corrected chi connectivity index (χ3v) is 4.06. The number of aliphatic carboxylic acids is 1. The zero-order chi connectivity index (χ0) is 19.1. The first-order valence-electron chi connectivity index (χ1n) is 7.79. The van der Waals surface area contributed by atoms with Gasteiger partial charge in [0.2, 0.25) is 0 Å². The summed E-state index contributed by atoms with van der Waals surface area (Å²) < 4.78 is 6.19. The first-order chi connectivity index (χ1) is 12.4. The quantitative estimate of drug-likeness (QED) is 0.588. The van der Waals surface area contributed by atoms with Crippen molar-refractivity contribution < 1.29 is 24.5 Å². The molecule has 1 amide bonds. The van der Waals surface area contributed by atoms with Crippen molar-refractivity contribution in [2.75, 3.05) is 5.32 Å². The lowest BCUT2D eigenvalue weighted by Crippen LogP contribution is -2.21. The van der Waals surface area contributed by atoms with E-state index in [1.807, 2.05) is 6.07 Å². The predicted molar refractivity (Wildman–Crippen MR) is 101 cm³/mol. The molecule has 0 aromatic heterocycles. The first kappa shape index (κ1) is 19.5. The molecule has 0 unspecified atom stereocenters. The Hall–Kier alpha value is -2.80. The molecule has 6 nitrogen and oxygen atoms in total. The minimum absolute atomic E-state index is 0.0544. The molecule has 0 saturated carbocycles. The van der Waals surface area contributed by atoms with Crippen LogP contribution in [0.25, 0.3) is 0 Å². The van der Waals surface area contributed by atoms with Crippen LogP contribution in [0.3, 0.4) is 0 Å². The molecule has 0 heterocycles. The van der Waals surface area contributed by atoms with Crippen molar-refractivity contribution in [3.05, 3.63) is 70.7 Å². The van der Waals surface area contributed by atoms with Crippen LogP contribution in [0.2, 0.25) is 0 Å². The summed E-state index contributed by atoms with van der Waals surface area (Å²) in [6.45, 7) is 1.69.